The molecule has 3 aromatic rings. The van der Waals surface area contributed by atoms with E-state index in [1.807, 2.05) is 55.5 Å². The molecule has 0 aliphatic heterocycles. The highest BCUT2D eigenvalue weighted by Gasteiger charge is 2.41. The molecular formula is C22H22ClNO4S2. The van der Waals surface area contributed by atoms with Gasteiger partial charge in [-0.05, 0) is 42.3 Å². The summed E-state index contributed by atoms with van der Waals surface area (Å²) in [5.74, 6) is -0.912. The molecule has 8 heteroatoms. The molecule has 1 heterocycles. The van der Waals surface area contributed by atoms with Crippen LogP contribution in [0.1, 0.15) is 25.3 Å². The Morgan fingerprint density at radius 2 is 1.90 bits per heavy atom. The molecule has 30 heavy (non-hydrogen) atoms. The van der Waals surface area contributed by atoms with Gasteiger partial charge in [-0.25, -0.2) is 8.93 Å². The number of rotatable bonds is 8. The van der Waals surface area contributed by atoms with Crippen LogP contribution in [0.15, 0.2) is 64.9 Å². The third-order valence-electron chi connectivity index (χ3n) is 5.11. The van der Waals surface area contributed by atoms with Crippen LogP contribution in [0.25, 0.3) is 10.4 Å². The molecule has 0 bridgehead atoms. The lowest BCUT2D eigenvalue weighted by molar-refractivity contribution is -0.144. The van der Waals surface area contributed by atoms with Gasteiger partial charge in [-0.2, -0.15) is 0 Å². The lowest BCUT2D eigenvalue weighted by atomic mass is 9.83. The van der Waals surface area contributed by atoms with E-state index in [1.54, 1.807) is 26.2 Å². The fraction of sp³-hybridized carbons (Fsp3) is 0.227. The van der Waals surface area contributed by atoms with Crippen LogP contribution in [-0.2, 0) is 15.8 Å². The summed E-state index contributed by atoms with van der Waals surface area (Å²) in [6.45, 7) is 3.37. The summed E-state index contributed by atoms with van der Waals surface area (Å²) >= 11 is 7.41. The number of carboxylic acid groups (broad SMARTS) is 1. The molecule has 158 valence electrons. The van der Waals surface area contributed by atoms with Gasteiger partial charge in [-0.1, -0.05) is 54.9 Å². The summed E-state index contributed by atoms with van der Waals surface area (Å²) in [4.78, 5) is 13.0. The summed E-state index contributed by atoms with van der Waals surface area (Å²) < 4.78 is 21.7. The molecule has 0 radical (unpaired) electrons. The SMILES string of the molecule is COc1cc(-c2ccc(S(=O)N[C@](C)(C(=O)O)C(C)c3ccccc3)s2)ccc1Cl. The van der Waals surface area contributed by atoms with Crippen molar-refractivity contribution in [3.63, 3.8) is 0 Å². The highest BCUT2D eigenvalue weighted by Crippen LogP contribution is 2.36. The monoisotopic (exact) mass is 463 g/mol. The van der Waals surface area contributed by atoms with E-state index in [0.29, 0.717) is 15.0 Å². The van der Waals surface area contributed by atoms with Crippen molar-refractivity contribution in [2.24, 2.45) is 0 Å². The minimum absolute atomic E-state index is 0.403. The average Bonchev–Trinajstić information content (AvgIpc) is 3.24. The Balaban J connectivity index is 1.85. The number of aliphatic carboxylic acids is 1. The van der Waals surface area contributed by atoms with Gasteiger partial charge >= 0.3 is 5.97 Å². The number of methoxy groups -OCH3 is 1. The zero-order valence-corrected chi connectivity index (χ0v) is 19.1. The van der Waals surface area contributed by atoms with Gasteiger partial charge in [0.05, 0.1) is 12.1 Å². The van der Waals surface area contributed by atoms with Crippen molar-refractivity contribution >= 4 is 39.9 Å². The Morgan fingerprint density at radius 1 is 1.20 bits per heavy atom. The number of hydrogen-bond acceptors (Lipinski definition) is 4. The topological polar surface area (TPSA) is 75.6 Å². The zero-order valence-electron chi connectivity index (χ0n) is 16.7. The number of halogens is 1. The highest BCUT2D eigenvalue weighted by molar-refractivity contribution is 7.85. The van der Waals surface area contributed by atoms with E-state index >= 15 is 0 Å². The number of carboxylic acids is 1. The second-order valence-electron chi connectivity index (χ2n) is 6.98. The predicted molar refractivity (Wildman–Crippen MR) is 122 cm³/mol. The molecule has 2 unspecified atom stereocenters. The summed E-state index contributed by atoms with van der Waals surface area (Å²) in [6.07, 6.45) is 0. The van der Waals surface area contributed by atoms with Gasteiger partial charge in [0.25, 0.3) is 0 Å². The number of benzene rings is 2. The van der Waals surface area contributed by atoms with Crippen LogP contribution in [0.3, 0.4) is 0 Å². The Hall–Kier alpha value is -2.19. The van der Waals surface area contributed by atoms with Gasteiger partial charge in [-0.15, -0.1) is 11.3 Å². The first-order valence-electron chi connectivity index (χ1n) is 9.18. The van der Waals surface area contributed by atoms with E-state index in [-0.39, 0.29) is 0 Å². The Labute approximate surface area is 187 Å². The molecule has 0 spiro atoms. The molecule has 2 N–H and O–H groups in total. The van der Waals surface area contributed by atoms with Gasteiger partial charge in [-0.3, -0.25) is 4.79 Å². The largest absolute Gasteiger partial charge is 0.495 e. The van der Waals surface area contributed by atoms with E-state index in [1.165, 1.54) is 11.3 Å². The quantitative estimate of drug-likeness (QED) is 0.473. The maximum Gasteiger partial charge on any atom is 0.325 e. The van der Waals surface area contributed by atoms with Crippen LogP contribution in [-0.4, -0.2) is 27.9 Å². The summed E-state index contributed by atoms with van der Waals surface area (Å²) in [5.41, 5.74) is 0.315. The first kappa shape index (κ1) is 22.5. The van der Waals surface area contributed by atoms with Crippen LogP contribution < -0.4 is 9.46 Å². The first-order valence-corrected chi connectivity index (χ1v) is 11.5. The Kier molecular flexibility index (Phi) is 6.98. The van der Waals surface area contributed by atoms with Gasteiger partial charge in [0.2, 0.25) is 0 Å². The fourth-order valence-electron chi connectivity index (χ4n) is 3.02. The van der Waals surface area contributed by atoms with E-state index in [0.717, 1.165) is 16.0 Å². The summed E-state index contributed by atoms with van der Waals surface area (Å²) in [6, 6.07) is 18.3. The molecule has 3 rings (SSSR count). The van der Waals surface area contributed by atoms with Crippen molar-refractivity contribution in [3.8, 4) is 16.2 Å². The molecule has 0 saturated heterocycles. The fourth-order valence-corrected chi connectivity index (χ4v) is 5.59. The molecule has 0 aliphatic carbocycles. The molecule has 0 amide bonds. The third kappa shape index (κ3) is 4.59. The van der Waals surface area contributed by atoms with Crippen molar-refractivity contribution in [2.45, 2.75) is 29.5 Å². The molecule has 0 fully saturated rings. The number of hydrogen-bond donors (Lipinski definition) is 2. The van der Waals surface area contributed by atoms with Gasteiger partial charge in [0.1, 0.15) is 26.5 Å². The van der Waals surface area contributed by atoms with Crippen molar-refractivity contribution < 1.29 is 18.8 Å². The number of nitrogens with one attached hydrogen (secondary N) is 1. The van der Waals surface area contributed by atoms with Crippen molar-refractivity contribution in [1.29, 1.82) is 0 Å². The molecule has 0 saturated carbocycles. The van der Waals surface area contributed by atoms with E-state index < -0.39 is 28.4 Å². The van der Waals surface area contributed by atoms with Crippen LogP contribution in [0.2, 0.25) is 5.02 Å². The van der Waals surface area contributed by atoms with Crippen LogP contribution in [0, 0.1) is 0 Å². The maximum absolute atomic E-state index is 13.0. The summed E-state index contributed by atoms with van der Waals surface area (Å²) in [7, 11) is -0.156. The minimum atomic E-state index is -1.70. The number of ether oxygens (including phenoxy) is 1. The standard InChI is InChI=1S/C22H22ClNO4S2/c1-14(15-7-5-4-6-8-15)22(2,21(25)26)24-30(27)20-12-11-19(29-20)16-9-10-17(23)18(13-16)28-3/h4-14,24H,1-3H3,(H,25,26)/t14?,22-,30?/m0/s1. The Bertz CT molecular complexity index is 1070. The molecule has 2 aromatic carbocycles. The second kappa shape index (κ2) is 9.31. The lowest BCUT2D eigenvalue weighted by Gasteiger charge is -2.32. The molecule has 5 nitrogen and oxygen atoms in total. The van der Waals surface area contributed by atoms with Gasteiger partial charge in [0.15, 0.2) is 0 Å². The normalized spacial score (nSPS) is 15.2. The molecule has 3 atom stereocenters. The van der Waals surface area contributed by atoms with Crippen molar-refractivity contribution in [1.82, 2.24) is 4.72 Å². The van der Waals surface area contributed by atoms with Crippen molar-refractivity contribution in [3.05, 3.63) is 71.2 Å². The Morgan fingerprint density at radius 3 is 2.53 bits per heavy atom. The van der Waals surface area contributed by atoms with Crippen LogP contribution in [0.4, 0.5) is 0 Å². The highest BCUT2D eigenvalue weighted by atomic mass is 35.5. The molecular weight excluding hydrogens is 442 g/mol. The van der Waals surface area contributed by atoms with E-state index in [2.05, 4.69) is 4.72 Å². The van der Waals surface area contributed by atoms with Gasteiger partial charge < -0.3 is 9.84 Å². The number of carbonyl (C=O) groups is 1. The molecule has 1 aromatic heterocycles. The maximum atomic E-state index is 13.0. The predicted octanol–water partition coefficient (Wildman–Crippen LogP) is 5.34. The van der Waals surface area contributed by atoms with E-state index in [9.17, 15) is 14.1 Å². The van der Waals surface area contributed by atoms with Crippen LogP contribution in [0.5, 0.6) is 5.75 Å². The zero-order chi connectivity index (χ0) is 21.9. The van der Waals surface area contributed by atoms with Crippen molar-refractivity contribution in [2.75, 3.05) is 7.11 Å². The minimum Gasteiger partial charge on any atom is -0.495 e. The van der Waals surface area contributed by atoms with Gasteiger partial charge in [0, 0.05) is 10.8 Å². The first-order chi connectivity index (χ1) is 14.3. The average molecular weight is 464 g/mol. The lowest BCUT2D eigenvalue weighted by Crippen LogP contribution is -2.53. The van der Waals surface area contributed by atoms with E-state index in [4.69, 9.17) is 16.3 Å². The smallest absolute Gasteiger partial charge is 0.325 e. The second-order valence-corrected chi connectivity index (χ2v) is 9.91. The van der Waals surface area contributed by atoms with Crippen LogP contribution >= 0.6 is 22.9 Å². The molecule has 0 aliphatic rings. The number of thiophene rings is 1. The summed E-state index contributed by atoms with van der Waals surface area (Å²) in [5, 5.41) is 10.4. The third-order valence-corrected chi connectivity index (χ3v) is 8.17.